The first kappa shape index (κ1) is 25.8. The average Bonchev–Trinajstić information content (AvgIpc) is 3.15. The van der Waals surface area contributed by atoms with Gasteiger partial charge < -0.3 is 18.3 Å². The van der Waals surface area contributed by atoms with Gasteiger partial charge in [-0.15, -0.1) is 0 Å². The van der Waals surface area contributed by atoms with Crippen molar-refractivity contribution in [3.8, 4) is 5.75 Å². The molecule has 0 saturated heterocycles. The first-order valence-electron chi connectivity index (χ1n) is 11.2. The Labute approximate surface area is 211 Å². The average molecular weight is 581 g/mol. The van der Waals surface area contributed by atoms with Crippen molar-refractivity contribution in [2.75, 3.05) is 6.61 Å². The van der Waals surface area contributed by atoms with E-state index < -0.39 is 8.32 Å². The van der Waals surface area contributed by atoms with E-state index in [1.165, 1.54) is 0 Å². The van der Waals surface area contributed by atoms with Gasteiger partial charge in [0, 0.05) is 10.9 Å². The maximum atomic E-state index is 11.9. The van der Waals surface area contributed by atoms with Gasteiger partial charge >= 0.3 is 5.97 Å². The van der Waals surface area contributed by atoms with E-state index in [1.807, 2.05) is 24.3 Å². The van der Waals surface area contributed by atoms with Gasteiger partial charge in [0.15, 0.2) is 8.32 Å². The fourth-order valence-electron chi connectivity index (χ4n) is 3.16. The summed E-state index contributed by atoms with van der Waals surface area (Å²) in [4.78, 5) is 11.9. The number of ether oxygens (including phenoxy) is 2. The largest absolute Gasteiger partial charge is 0.489 e. The molecule has 0 saturated carbocycles. The van der Waals surface area contributed by atoms with Crippen LogP contribution in [0.2, 0.25) is 18.1 Å². The molecule has 0 radical (unpaired) electrons. The number of rotatable bonds is 9. The van der Waals surface area contributed by atoms with E-state index in [2.05, 4.69) is 74.7 Å². The molecule has 0 aliphatic rings. The van der Waals surface area contributed by atoms with Crippen molar-refractivity contribution in [1.82, 2.24) is 0 Å². The summed E-state index contributed by atoms with van der Waals surface area (Å²) in [7, 11) is -1.85. The topological polar surface area (TPSA) is 57.9 Å². The van der Waals surface area contributed by atoms with Crippen LogP contribution in [-0.2, 0) is 33.6 Å². The zero-order valence-electron chi connectivity index (χ0n) is 20.3. The van der Waals surface area contributed by atoms with Crippen molar-refractivity contribution in [1.29, 1.82) is 0 Å². The lowest BCUT2D eigenvalue weighted by Gasteiger charge is -2.35. The molecule has 2 aromatic carbocycles. The highest BCUT2D eigenvalue weighted by Crippen LogP contribution is 2.37. The van der Waals surface area contributed by atoms with Crippen LogP contribution in [0.25, 0.3) is 11.0 Å². The molecule has 0 unspecified atom stereocenters. The number of halogens is 1. The summed E-state index contributed by atoms with van der Waals surface area (Å²) in [6, 6.07) is 13.8. The molecule has 0 bridgehead atoms. The third-order valence-electron chi connectivity index (χ3n) is 6.07. The minimum Gasteiger partial charge on any atom is -0.489 e. The number of hydrogen-bond acceptors (Lipinski definition) is 5. The number of carbonyl (C=O) groups is 1. The number of esters is 1. The Bertz CT molecular complexity index is 1110. The highest BCUT2D eigenvalue weighted by Gasteiger charge is 2.37. The molecule has 0 N–H and O–H groups in total. The summed E-state index contributed by atoms with van der Waals surface area (Å²) in [5, 5.41) is 1.19. The van der Waals surface area contributed by atoms with Crippen molar-refractivity contribution in [3.63, 3.8) is 0 Å². The number of fused-ring (bicyclic) bond motifs is 1. The van der Waals surface area contributed by atoms with Crippen LogP contribution in [0.4, 0.5) is 0 Å². The SMILES string of the molecule is CCOC(=O)Cc1ccccc1OCc1cc(I)c2oc(CO[Si](C)(C)C(C)(C)C)cc2c1. The van der Waals surface area contributed by atoms with E-state index in [1.54, 1.807) is 6.92 Å². The third-order valence-corrected chi connectivity index (χ3v) is 11.3. The molecule has 3 rings (SSSR count). The minimum atomic E-state index is -1.85. The summed E-state index contributed by atoms with van der Waals surface area (Å²) >= 11 is 2.30. The number of furan rings is 1. The second-order valence-electron chi connectivity index (χ2n) is 9.64. The number of hydrogen-bond donors (Lipinski definition) is 0. The number of carbonyl (C=O) groups excluding carboxylic acids is 1. The number of para-hydroxylation sites is 1. The van der Waals surface area contributed by atoms with Crippen molar-refractivity contribution in [2.45, 2.75) is 65.5 Å². The van der Waals surface area contributed by atoms with Crippen molar-refractivity contribution < 1.29 is 23.1 Å². The predicted molar refractivity (Wildman–Crippen MR) is 142 cm³/mol. The molecule has 5 nitrogen and oxygen atoms in total. The fraction of sp³-hybridized carbons (Fsp3) is 0.423. The molecule has 33 heavy (non-hydrogen) atoms. The van der Waals surface area contributed by atoms with Gasteiger partial charge in [-0.1, -0.05) is 39.0 Å². The predicted octanol–water partition coefficient (Wildman–Crippen LogP) is 7.24. The molecule has 0 spiro atoms. The fourth-order valence-corrected chi connectivity index (χ4v) is 4.92. The van der Waals surface area contributed by atoms with Gasteiger partial charge in [-0.25, -0.2) is 0 Å². The van der Waals surface area contributed by atoms with E-state index >= 15 is 0 Å². The van der Waals surface area contributed by atoms with Crippen LogP contribution in [0, 0.1) is 3.57 Å². The molecule has 178 valence electrons. The Morgan fingerprint density at radius 3 is 2.52 bits per heavy atom. The summed E-state index contributed by atoms with van der Waals surface area (Å²) < 4.78 is 24.6. The lowest BCUT2D eigenvalue weighted by atomic mass is 10.1. The van der Waals surface area contributed by atoms with Crippen LogP contribution < -0.4 is 4.74 Å². The Morgan fingerprint density at radius 1 is 1.09 bits per heavy atom. The molecule has 0 fully saturated rings. The molecule has 7 heteroatoms. The summed E-state index contributed by atoms with van der Waals surface area (Å²) in [6.45, 7) is 14.2. The lowest BCUT2D eigenvalue weighted by molar-refractivity contribution is -0.142. The van der Waals surface area contributed by atoms with E-state index in [-0.39, 0.29) is 17.4 Å². The van der Waals surface area contributed by atoms with Crippen LogP contribution in [0.1, 0.15) is 44.6 Å². The molecule has 1 aromatic heterocycles. The normalized spacial score (nSPS) is 12.2. The Balaban J connectivity index is 1.73. The van der Waals surface area contributed by atoms with E-state index in [4.69, 9.17) is 18.3 Å². The molecular formula is C26H33IO5Si. The molecule has 1 heterocycles. The van der Waals surface area contributed by atoms with Gasteiger partial charge in [0.1, 0.15) is 23.7 Å². The summed E-state index contributed by atoms with van der Waals surface area (Å²) in [5.41, 5.74) is 2.73. The van der Waals surface area contributed by atoms with E-state index in [0.717, 1.165) is 31.4 Å². The maximum Gasteiger partial charge on any atom is 0.310 e. The van der Waals surface area contributed by atoms with Crippen molar-refractivity contribution in [3.05, 3.63) is 62.9 Å². The van der Waals surface area contributed by atoms with Crippen LogP contribution in [-0.4, -0.2) is 20.9 Å². The molecule has 0 amide bonds. The van der Waals surface area contributed by atoms with Gasteiger partial charge in [0.25, 0.3) is 0 Å². The first-order valence-corrected chi connectivity index (χ1v) is 15.2. The highest BCUT2D eigenvalue weighted by atomic mass is 127. The lowest BCUT2D eigenvalue weighted by Crippen LogP contribution is -2.40. The minimum absolute atomic E-state index is 0.154. The van der Waals surface area contributed by atoms with E-state index in [9.17, 15) is 4.79 Å². The van der Waals surface area contributed by atoms with Gasteiger partial charge in [-0.05, 0) is 77.5 Å². The van der Waals surface area contributed by atoms with Crippen molar-refractivity contribution >= 4 is 47.8 Å². The smallest absolute Gasteiger partial charge is 0.310 e. The molecule has 3 aromatic rings. The van der Waals surface area contributed by atoms with Gasteiger partial charge in [0.05, 0.1) is 23.2 Å². The summed E-state index contributed by atoms with van der Waals surface area (Å²) in [5.74, 6) is 1.28. The van der Waals surface area contributed by atoms with Gasteiger partial charge in [0.2, 0.25) is 0 Å². The molecular weight excluding hydrogens is 547 g/mol. The molecule has 0 atom stereocenters. The zero-order valence-corrected chi connectivity index (χ0v) is 23.4. The summed E-state index contributed by atoms with van der Waals surface area (Å²) in [6.07, 6.45) is 0.194. The van der Waals surface area contributed by atoms with Crippen LogP contribution in [0.15, 0.2) is 46.9 Å². The van der Waals surface area contributed by atoms with Gasteiger partial charge in [-0.3, -0.25) is 4.79 Å². The molecule has 0 aliphatic heterocycles. The van der Waals surface area contributed by atoms with Gasteiger partial charge in [-0.2, -0.15) is 0 Å². The third kappa shape index (κ3) is 6.61. The quantitative estimate of drug-likeness (QED) is 0.152. The maximum absolute atomic E-state index is 11.9. The van der Waals surface area contributed by atoms with Crippen molar-refractivity contribution in [2.24, 2.45) is 0 Å². The second-order valence-corrected chi connectivity index (χ2v) is 15.6. The Kier molecular flexibility index (Phi) is 8.29. The highest BCUT2D eigenvalue weighted by molar-refractivity contribution is 14.1. The Morgan fingerprint density at radius 2 is 1.82 bits per heavy atom. The molecule has 0 aliphatic carbocycles. The first-order chi connectivity index (χ1) is 15.5. The Hall–Kier alpha value is -1.84. The standard InChI is InChI=1S/C26H33IO5Si/c1-7-29-24(28)15-19-10-8-9-11-23(19)30-16-18-12-20-14-21(32-25(20)22(27)13-18)17-31-33(5,6)26(2,3)4/h8-14H,7,15-17H2,1-6H3. The zero-order chi connectivity index (χ0) is 24.2. The monoisotopic (exact) mass is 580 g/mol. The van der Waals surface area contributed by atoms with Crippen LogP contribution >= 0.6 is 22.6 Å². The van der Waals surface area contributed by atoms with Crippen LogP contribution in [0.3, 0.4) is 0 Å². The van der Waals surface area contributed by atoms with Crippen LogP contribution in [0.5, 0.6) is 5.75 Å². The van der Waals surface area contributed by atoms with E-state index in [0.29, 0.717) is 25.6 Å². The second kappa shape index (κ2) is 10.6. The number of benzene rings is 2.